The Bertz CT molecular complexity index is 600. The maximum atomic E-state index is 5.61. The van der Waals surface area contributed by atoms with E-state index in [1.165, 1.54) is 36.8 Å². The van der Waals surface area contributed by atoms with Crippen molar-refractivity contribution in [3.8, 4) is 5.88 Å². The number of hydrogen-bond acceptors (Lipinski definition) is 3. The van der Waals surface area contributed by atoms with Crippen LogP contribution in [0.15, 0.2) is 30.3 Å². The van der Waals surface area contributed by atoms with Crippen LogP contribution < -0.4 is 10.1 Å². The fourth-order valence-corrected chi connectivity index (χ4v) is 3.21. The normalized spacial score (nSPS) is 15.0. The van der Waals surface area contributed by atoms with Gasteiger partial charge in [-0.15, -0.1) is 5.10 Å². The lowest BCUT2D eigenvalue weighted by Crippen LogP contribution is -2.25. The number of nitrogens with zero attached hydrogens (tertiary/aromatic N) is 1. The van der Waals surface area contributed by atoms with E-state index in [9.17, 15) is 0 Å². The minimum atomic E-state index is 0.704. The Morgan fingerprint density at radius 3 is 2.67 bits per heavy atom. The number of nitrogens with one attached hydrogen (secondary N) is 2. The second-order valence-corrected chi connectivity index (χ2v) is 6.79. The molecule has 0 bridgehead atoms. The van der Waals surface area contributed by atoms with Crippen molar-refractivity contribution in [1.29, 1.82) is 0 Å². The van der Waals surface area contributed by atoms with E-state index in [1.807, 2.05) is 6.07 Å². The van der Waals surface area contributed by atoms with Crippen molar-refractivity contribution in [2.45, 2.75) is 64.5 Å². The van der Waals surface area contributed by atoms with E-state index >= 15 is 0 Å². The highest BCUT2D eigenvalue weighted by Crippen LogP contribution is 2.18. The van der Waals surface area contributed by atoms with E-state index in [0.717, 1.165) is 44.1 Å². The Morgan fingerprint density at radius 2 is 1.92 bits per heavy atom. The van der Waals surface area contributed by atoms with Crippen molar-refractivity contribution >= 4 is 0 Å². The SMILES string of the molecule is CCCCOc1cc(Cc2ccc(CNC3CCCC3)cc2)[nH]n1. The van der Waals surface area contributed by atoms with Gasteiger partial charge in [-0.2, -0.15) is 0 Å². The molecular weight excluding hydrogens is 298 g/mol. The summed E-state index contributed by atoms with van der Waals surface area (Å²) < 4.78 is 5.61. The Morgan fingerprint density at radius 1 is 1.17 bits per heavy atom. The number of benzene rings is 1. The molecule has 0 aliphatic heterocycles. The van der Waals surface area contributed by atoms with Crippen LogP contribution in [0.25, 0.3) is 0 Å². The zero-order valence-corrected chi connectivity index (χ0v) is 14.7. The maximum Gasteiger partial charge on any atom is 0.232 e. The number of aromatic amines is 1. The summed E-state index contributed by atoms with van der Waals surface area (Å²) in [5, 5.41) is 11.0. The Labute approximate surface area is 145 Å². The van der Waals surface area contributed by atoms with Gasteiger partial charge < -0.3 is 10.1 Å². The highest BCUT2D eigenvalue weighted by Gasteiger charge is 2.13. The summed E-state index contributed by atoms with van der Waals surface area (Å²) in [5.74, 6) is 0.704. The average Bonchev–Trinajstić information content (AvgIpc) is 3.27. The predicted molar refractivity (Wildman–Crippen MR) is 97.3 cm³/mol. The zero-order chi connectivity index (χ0) is 16.6. The number of rotatable bonds is 9. The molecule has 0 atom stereocenters. The van der Waals surface area contributed by atoms with Crippen molar-refractivity contribution in [2.24, 2.45) is 0 Å². The molecule has 1 heterocycles. The summed E-state index contributed by atoms with van der Waals surface area (Å²) in [6, 6.07) is 11.6. The molecule has 0 unspecified atom stereocenters. The van der Waals surface area contributed by atoms with Gasteiger partial charge in [-0.05, 0) is 30.4 Å². The van der Waals surface area contributed by atoms with Crippen molar-refractivity contribution in [3.05, 3.63) is 47.2 Å². The fourth-order valence-electron chi connectivity index (χ4n) is 3.21. The summed E-state index contributed by atoms with van der Waals surface area (Å²) in [6.07, 6.45) is 8.50. The minimum absolute atomic E-state index is 0.704. The quantitative estimate of drug-likeness (QED) is 0.678. The molecule has 1 aliphatic rings. The standard InChI is InChI=1S/C20H29N3O/c1-2-3-12-24-20-14-19(22-23-20)13-16-8-10-17(11-9-16)15-21-18-6-4-5-7-18/h8-11,14,18,21H,2-7,12-13,15H2,1H3,(H,22,23). The first-order valence-corrected chi connectivity index (χ1v) is 9.32. The lowest BCUT2D eigenvalue weighted by Gasteiger charge is -2.11. The molecule has 4 nitrogen and oxygen atoms in total. The Balaban J connectivity index is 1.46. The average molecular weight is 327 g/mol. The number of H-pyrrole nitrogens is 1. The van der Waals surface area contributed by atoms with Gasteiger partial charge in [0.1, 0.15) is 0 Å². The van der Waals surface area contributed by atoms with E-state index in [1.54, 1.807) is 0 Å². The number of hydrogen-bond donors (Lipinski definition) is 2. The van der Waals surface area contributed by atoms with E-state index < -0.39 is 0 Å². The van der Waals surface area contributed by atoms with Crippen LogP contribution in [0.4, 0.5) is 0 Å². The van der Waals surface area contributed by atoms with E-state index in [4.69, 9.17) is 4.74 Å². The third kappa shape index (κ3) is 5.10. The molecule has 2 N–H and O–H groups in total. The number of unbranched alkanes of at least 4 members (excludes halogenated alkanes) is 1. The summed E-state index contributed by atoms with van der Waals surface area (Å²) in [7, 11) is 0. The topological polar surface area (TPSA) is 49.9 Å². The van der Waals surface area contributed by atoms with E-state index in [0.29, 0.717) is 5.88 Å². The minimum Gasteiger partial charge on any atom is -0.477 e. The molecule has 130 valence electrons. The molecule has 0 spiro atoms. The summed E-state index contributed by atoms with van der Waals surface area (Å²) in [6.45, 7) is 3.88. The highest BCUT2D eigenvalue weighted by molar-refractivity contribution is 5.27. The van der Waals surface area contributed by atoms with Gasteiger partial charge in [0.2, 0.25) is 5.88 Å². The lowest BCUT2D eigenvalue weighted by atomic mass is 10.1. The van der Waals surface area contributed by atoms with Crippen LogP contribution in [0.2, 0.25) is 0 Å². The molecule has 0 radical (unpaired) electrons. The van der Waals surface area contributed by atoms with Crippen LogP contribution in [0.3, 0.4) is 0 Å². The van der Waals surface area contributed by atoms with E-state index in [-0.39, 0.29) is 0 Å². The number of aromatic nitrogens is 2. The molecule has 1 fully saturated rings. The molecule has 1 aromatic carbocycles. The van der Waals surface area contributed by atoms with Crippen molar-refractivity contribution < 1.29 is 4.74 Å². The van der Waals surface area contributed by atoms with Crippen LogP contribution in [-0.2, 0) is 13.0 Å². The first kappa shape index (κ1) is 17.0. The monoisotopic (exact) mass is 327 g/mol. The third-order valence-corrected chi connectivity index (χ3v) is 4.72. The Hall–Kier alpha value is -1.81. The summed E-state index contributed by atoms with van der Waals surface area (Å²) >= 11 is 0. The van der Waals surface area contributed by atoms with Gasteiger partial charge in [0.15, 0.2) is 0 Å². The van der Waals surface area contributed by atoms with Crippen LogP contribution >= 0.6 is 0 Å². The highest BCUT2D eigenvalue weighted by atomic mass is 16.5. The third-order valence-electron chi connectivity index (χ3n) is 4.72. The first-order chi connectivity index (χ1) is 11.8. The van der Waals surface area contributed by atoms with Crippen molar-refractivity contribution in [3.63, 3.8) is 0 Å². The second kappa shape index (κ2) is 8.88. The molecule has 3 rings (SSSR count). The molecule has 1 saturated carbocycles. The van der Waals surface area contributed by atoms with Gasteiger partial charge >= 0.3 is 0 Å². The second-order valence-electron chi connectivity index (χ2n) is 6.79. The van der Waals surface area contributed by atoms with Gasteiger partial charge in [0, 0.05) is 30.8 Å². The molecule has 1 aliphatic carbocycles. The van der Waals surface area contributed by atoms with Crippen molar-refractivity contribution in [1.82, 2.24) is 15.5 Å². The van der Waals surface area contributed by atoms with Crippen molar-refractivity contribution in [2.75, 3.05) is 6.61 Å². The molecular formula is C20H29N3O. The molecule has 24 heavy (non-hydrogen) atoms. The van der Waals surface area contributed by atoms with Gasteiger partial charge in [0.05, 0.1) is 6.61 Å². The van der Waals surface area contributed by atoms with Gasteiger partial charge in [-0.3, -0.25) is 5.10 Å². The van der Waals surface area contributed by atoms with Crippen LogP contribution in [0.5, 0.6) is 5.88 Å². The van der Waals surface area contributed by atoms with Crippen LogP contribution in [0.1, 0.15) is 62.3 Å². The summed E-state index contributed by atoms with van der Waals surface area (Å²) in [4.78, 5) is 0. The smallest absolute Gasteiger partial charge is 0.232 e. The largest absolute Gasteiger partial charge is 0.477 e. The number of ether oxygens (including phenoxy) is 1. The van der Waals surface area contributed by atoms with Crippen LogP contribution in [0, 0.1) is 0 Å². The van der Waals surface area contributed by atoms with Gasteiger partial charge in [0.25, 0.3) is 0 Å². The molecule has 0 saturated heterocycles. The predicted octanol–water partition coefficient (Wildman–Crippen LogP) is 4.21. The Kier molecular flexibility index (Phi) is 6.30. The molecule has 4 heteroatoms. The molecule has 0 amide bonds. The first-order valence-electron chi connectivity index (χ1n) is 9.32. The fraction of sp³-hybridized carbons (Fsp3) is 0.550. The zero-order valence-electron chi connectivity index (χ0n) is 14.7. The maximum absolute atomic E-state index is 5.61. The van der Waals surface area contributed by atoms with Crippen LogP contribution in [-0.4, -0.2) is 22.8 Å². The molecule has 2 aromatic rings. The summed E-state index contributed by atoms with van der Waals surface area (Å²) in [5.41, 5.74) is 3.75. The van der Waals surface area contributed by atoms with E-state index in [2.05, 4.69) is 46.7 Å². The lowest BCUT2D eigenvalue weighted by molar-refractivity contribution is 0.297. The van der Waals surface area contributed by atoms with Gasteiger partial charge in [-0.1, -0.05) is 50.5 Å². The van der Waals surface area contributed by atoms with Gasteiger partial charge in [-0.25, -0.2) is 0 Å². The molecule has 1 aromatic heterocycles.